The second-order valence-corrected chi connectivity index (χ2v) is 6.27. The summed E-state index contributed by atoms with van der Waals surface area (Å²) in [6.07, 6.45) is 0. The summed E-state index contributed by atoms with van der Waals surface area (Å²) in [5, 5.41) is 4.45. The van der Waals surface area contributed by atoms with E-state index in [1.54, 1.807) is 13.0 Å². The molecule has 0 fully saturated rings. The molecule has 5 nitrogen and oxygen atoms in total. The van der Waals surface area contributed by atoms with Crippen LogP contribution in [-0.4, -0.2) is 21.7 Å². The number of nitrogens with zero attached hydrogens (tertiary/aromatic N) is 2. The standard InChI is InChI=1S/C13H16N2O3S/c1-7-6-9(18-15-7)11-14-8(2)10(19-11)12(16)17-13(3,4)5/h6H,1-5H3. The van der Waals surface area contributed by atoms with Gasteiger partial charge in [0.1, 0.15) is 10.5 Å². The fraction of sp³-hybridized carbons (Fsp3) is 0.462. The van der Waals surface area contributed by atoms with Crippen LogP contribution in [0.25, 0.3) is 10.8 Å². The molecule has 0 bridgehead atoms. The number of carbonyl (C=O) groups excluding carboxylic acids is 1. The van der Waals surface area contributed by atoms with E-state index in [4.69, 9.17) is 9.26 Å². The topological polar surface area (TPSA) is 65.2 Å². The number of hydrogen-bond donors (Lipinski definition) is 0. The first kappa shape index (κ1) is 13.7. The van der Waals surface area contributed by atoms with E-state index in [2.05, 4.69) is 10.1 Å². The first-order valence-electron chi connectivity index (χ1n) is 5.91. The molecule has 0 saturated carbocycles. The fourth-order valence-electron chi connectivity index (χ4n) is 1.48. The molecular weight excluding hydrogens is 264 g/mol. The van der Waals surface area contributed by atoms with Crippen LogP contribution in [0.5, 0.6) is 0 Å². The number of esters is 1. The average molecular weight is 280 g/mol. The Morgan fingerprint density at radius 1 is 1.37 bits per heavy atom. The molecule has 6 heteroatoms. The minimum absolute atomic E-state index is 0.356. The van der Waals surface area contributed by atoms with Gasteiger partial charge in [-0.2, -0.15) is 0 Å². The van der Waals surface area contributed by atoms with Crippen LogP contribution in [0.15, 0.2) is 10.6 Å². The minimum atomic E-state index is -0.517. The Kier molecular flexibility index (Phi) is 3.45. The van der Waals surface area contributed by atoms with E-state index in [9.17, 15) is 4.79 Å². The Balaban J connectivity index is 2.29. The number of hydrogen-bond acceptors (Lipinski definition) is 6. The number of thiazole rings is 1. The molecule has 0 saturated heterocycles. The largest absolute Gasteiger partial charge is 0.456 e. The van der Waals surface area contributed by atoms with Gasteiger partial charge in [0, 0.05) is 6.07 Å². The zero-order valence-corrected chi connectivity index (χ0v) is 12.4. The lowest BCUT2D eigenvalue weighted by Gasteiger charge is -2.18. The molecule has 0 amide bonds. The van der Waals surface area contributed by atoms with Crippen molar-refractivity contribution in [2.24, 2.45) is 0 Å². The van der Waals surface area contributed by atoms with Gasteiger partial charge in [0.05, 0.1) is 11.4 Å². The molecule has 19 heavy (non-hydrogen) atoms. The van der Waals surface area contributed by atoms with Crippen molar-refractivity contribution < 1.29 is 14.1 Å². The maximum Gasteiger partial charge on any atom is 0.350 e. The van der Waals surface area contributed by atoms with Gasteiger partial charge in [-0.1, -0.05) is 5.16 Å². The molecule has 2 heterocycles. The fourth-order valence-corrected chi connectivity index (χ4v) is 2.37. The molecule has 0 unspecified atom stereocenters. The molecule has 102 valence electrons. The van der Waals surface area contributed by atoms with Gasteiger partial charge in [-0.05, 0) is 34.6 Å². The smallest absolute Gasteiger partial charge is 0.350 e. The summed E-state index contributed by atoms with van der Waals surface area (Å²) in [5.41, 5.74) is 0.904. The minimum Gasteiger partial charge on any atom is -0.456 e. The van der Waals surface area contributed by atoms with E-state index in [0.717, 1.165) is 5.69 Å². The number of aryl methyl sites for hydroxylation is 2. The molecule has 0 aliphatic heterocycles. The van der Waals surface area contributed by atoms with Gasteiger partial charge < -0.3 is 9.26 Å². The number of rotatable bonds is 2. The third-order valence-electron chi connectivity index (χ3n) is 2.22. The van der Waals surface area contributed by atoms with Crippen LogP contribution < -0.4 is 0 Å². The SMILES string of the molecule is Cc1cc(-c2nc(C)c(C(=O)OC(C)(C)C)s2)on1. The van der Waals surface area contributed by atoms with Crippen LogP contribution in [0.4, 0.5) is 0 Å². The zero-order chi connectivity index (χ0) is 14.2. The van der Waals surface area contributed by atoms with Crippen LogP contribution in [0.3, 0.4) is 0 Å². The highest BCUT2D eigenvalue weighted by atomic mass is 32.1. The zero-order valence-electron chi connectivity index (χ0n) is 11.6. The first-order chi connectivity index (χ1) is 8.76. The molecule has 2 rings (SSSR count). The lowest BCUT2D eigenvalue weighted by atomic mass is 10.2. The van der Waals surface area contributed by atoms with E-state index in [1.807, 2.05) is 27.7 Å². The highest BCUT2D eigenvalue weighted by Crippen LogP contribution is 2.29. The van der Waals surface area contributed by atoms with Gasteiger partial charge in [0.2, 0.25) is 0 Å². The number of aromatic nitrogens is 2. The third-order valence-corrected chi connectivity index (χ3v) is 3.37. The summed E-state index contributed by atoms with van der Waals surface area (Å²) in [7, 11) is 0. The Hall–Kier alpha value is -1.69. The molecule has 2 aromatic heterocycles. The van der Waals surface area contributed by atoms with Crippen molar-refractivity contribution in [2.45, 2.75) is 40.2 Å². The van der Waals surface area contributed by atoms with Crippen LogP contribution in [0.2, 0.25) is 0 Å². The summed E-state index contributed by atoms with van der Waals surface area (Å²) in [5.74, 6) is 0.213. The van der Waals surface area contributed by atoms with Gasteiger partial charge in [-0.25, -0.2) is 9.78 Å². The number of carbonyl (C=O) groups is 1. The molecule has 0 aliphatic rings. The predicted molar refractivity (Wildman–Crippen MR) is 72.3 cm³/mol. The Bertz CT molecular complexity index is 608. The second kappa shape index (κ2) is 4.77. The van der Waals surface area contributed by atoms with Crippen molar-refractivity contribution in [1.29, 1.82) is 0 Å². The molecule has 0 aromatic carbocycles. The number of ether oxygens (including phenoxy) is 1. The van der Waals surface area contributed by atoms with Crippen molar-refractivity contribution in [2.75, 3.05) is 0 Å². The molecule has 0 N–H and O–H groups in total. The molecular formula is C13H16N2O3S. The van der Waals surface area contributed by atoms with E-state index in [-0.39, 0.29) is 5.97 Å². The van der Waals surface area contributed by atoms with E-state index in [1.165, 1.54) is 11.3 Å². The highest BCUT2D eigenvalue weighted by Gasteiger charge is 2.23. The molecule has 0 aliphatic carbocycles. The third kappa shape index (κ3) is 3.20. The van der Waals surface area contributed by atoms with Gasteiger partial charge in [-0.15, -0.1) is 11.3 Å². The molecule has 0 atom stereocenters. The van der Waals surface area contributed by atoms with Gasteiger partial charge in [0.15, 0.2) is 10.8 Å². The van der Waals surface area contributed by atoms with Crippen molar-refractivity contribution >= 4 is 17.3 Å². The quantitative estimate of drug-likeness (QED) is 0.789. The average Bonchev–Trinajstić information content (AvgIpc) is 2.82. The normalized spacial score (nSPS) is 11.6. The maximum atomic E-state index is 12.0. The van der Waals surface area contributed by atoms with Crippen LogP contribution in [-0.2, 0) is 4.74 Å². The lowest BCUT2D eigenvalue weighted by Crippen LogP contribution is -2.23. The van der Waals surface area contributed by atoms with Crippen molar-refractivity contribution in [3.05, 3.63) is 22.3 Å². The van der Waals surface area contributed by atoms with E-state index >= 15 is 0 Å². The summed E-state index contributed by atoms with van der Waals surface area (Å²) in [4.78, 5) is 16.9. The second-order valence-electron chi connectivity index (χ2n) is 5.27. The Morgan fingerprint density at radius 3 is 2.58 bits per heavy atom. The van der Waals surface area contributed by atoms with Crippen LogP contribution in [0, 0.1) is 13.8 Å². The van der Waals surface area contributed by atoms with E-state index in [0.29, 0.717) is 21.3 Å². The molecule has 0 spiro atoms. The molecule has 0 radical (unpaired) electrons. The summed E-state index contributed by atoms with van der Waals surface area (Å²) in [6.45, 7) is 9.12. The van der Waals surface area contributed by atoms with Gasteiger partial charge in [-0.3, -0.25) is 0 Å². The van der Waals surface area contributed by atoms with Crippen LogP contribution in [0.1, 0.15) is 41.8 Å². The Morgan fingerprint density at radius 2 is 2.05 bits per heavy atom. The maximum absolute atomic E-state index is 12.0. The van der Waals surface area contributed by atoms with Gasteiger partial charge >= 0.3 is 5.97 Å². The highest BCUT2D eigenvalue weighted by molar-refractivity contribution is 7.17. The van der Waals surface area contributed by atoms with Crippen molar-refractivity contribution in [1.82, 2.24) is 10.1 Å². The summed E-state index contributed by atoms with van der Waals surface area (Å²) in [6, 6.07) is 1.79. The van der Waals surface area contributed by atoms with Crippen molar-refractivity contribution in [3.63, 3.8) is 0 Å². The van der Waals surface area contributed by atoms with Gasteiger partial charge in [0.25, 0.3) is 0 Å². The van der Waals surface area contributed by atoms with Crippen molar-refractivity contribution in [3.8, 4) is 10.8 Å². The molecule has 2 aromatic rings. The van der Waals surface area contributed by atoms with Crippen LogP contribution >= 0.6 is 11.3 Å². The first-order valence-corrected chi connectivity index (χ1v) is 6.72. The monoisotopic (exact) mass is 280 g/mol. The Labute approximate surface area is 115 Å². The lowest BCUT2D eigenvalue weighted by molar-refractivity contribution is 0.00742. The summed E-state index contributed by atoms with van der Waals surface area (Å²) < 4.78 is 10.5. The van der Waals surface area contributed by atoms with E-state index < -0.39 is 5.60 Å². The summed E-state index contributed by atoms with van der Waals surface area (Å²) >= 11 is 1.26. The predicted octanol–water partition coefficient (Wildman–Crippen LogP) is 3.37.